The Morgan fingerprint density at radius 2 is 1.79 bits per heavy atom. The lowest BCUT2D eigenvalue weighted by Crippen LogP contribution is -2.44. The van der Waals surface area contributed by atoms with Crippen molar-refractivity contribution < 1.29 is 13.3 Å². The number of halogens is 1. The molecule has 0 bridgehead atoms. The Kier molecular flexibility index (Phi) is 13.9. The van der Waals surface area contributed by atoms with Gasteiger partial charge in [0.15, 0.2) is 0 Å². The van der Waals surface area contributed by atoms with Crippen LogP contribution < -0.4 is 10.6 Å². The zero-order valence-corrected chi connectivity index (χ0v) is 16.6. The van der Waals surface area contributed by atoms with Crippen molar-refractivity contribution in [1.82, 2.24) is 10.6 Å². The largest absolute Gasteiger partial charge is 0.500 e. The SMILES string of the molecule is C=CNCCC[Si](OC)(OC)OCCCNCc1ccccc1.Cl. The summed E-state index contributed by atoms with van der Waals surface area (Å²) >= 11 is 0. The molecule has 1 aromatic rings. The second kappa shape index (κ2) is 14.4. The lowest BCUT2D eigenvalue weighted by Gasteiger charge is -2.26. The van der Waals surface area contributed by atoms with Gasteiger partial charge in [0.2, 0.25) is 0 Å². The summed E-state index contributed by atoms with van der Waals surface area (Å²) in [6, 6.07) is 11.2. The molecule has 0 spiro atoms. The van der Waals surface area contributed by atoms with Crippen LogP contribution in [0.1, 0.15) is 18.4 Å². The Labute approximate surface area is 153 Å². The molecule has 0 saturated heterocycles. The maximum absolute atomic E-state index is 5.96. The first-order chi connectivity index (χ1) is 11.3. The van der Waals surface area contributed by atoms with Gasteiger partial charge in [0.05, 0.1) is 0 Å². The van der Waals surface area contributed by atoms with Crippen LogP contribution >= 0.6 is 12.4 Å². The summed E-state index contributed by atoms with van der Waals surface area (Å²) in [5.41, 5.74) is 1.29. The van der Waals surface area contributed by atoms with Gasteiger partial charge in [0, 0.05) is 40.0 Å². The third-order valence-corrected chi connectivity index (χ3v) is 6.42. The Morgan fingerprint density at radius 3 is 2.42 bits per heavy atom. The first-order valence-corrected chi connectivity index (χ1v) is 10.0. The summed E-state index contributed by atoms with van der Waals surface area (Å²) in [6.07, 6.45) is 3.56. The number of hydrogen-bond acceptors (Lipinski definition) is 5. The van der Waals surface area contributed by atoms with Crippen molar-refractivity contribution in [2.24, 2.45) is 0 Å². The minimum Gasteiger partial charge on any atom is -0.391 e. The van der Waals surface area contributed by atoms with E-state index in [2.05, 4.69) is 41.5 Å². The third-order valence-electron chi connectivity index (χ3n) is 3.56. The van der Waals surface area contributed by atoms with Crippen molar-refractivity contribution in [2.75, 3.05) is 33.9 Å². The number of nitrogens with one attached hydrogen (secondary N) is 2. The Morgan fingerprint density at radius 1 is 1.08 bits per heavy atom. The molecule has 7 heteroatoms. The molecule has 0 aliphatic rings. The van der Waals surface area contributed by atoms with E-state index in [9.17, 15) is 0 Å². The molecule has 0 aliphatic carbocycles. The molecular weight excluding hydrogens is 344 g/mol. The molecule has 0 saturated carbocycles. The Hall–Kier alpha value is -0.893. The molecule has 0 amide bonds. The van der Waals surface area contributed by atoms with Gasteiger partial charge in [0.1, 0.15) is 0 Å². The summed E-state index contributed by atoms with van der Waals surface area (Å²) in [7, 11) is 0.822. The first-order valence-electron chi connectivity index (χ1n) is 8.09. The van der Waals surface area contributed by atoms with Gasteiger partial charge in [-0.2, -0.15) is 0 Å². The molecule has 1 rings (SSSR count). The number of rotatable bonds is 14. The van der Waals surface area contributed by atoms with E-state index in [1.54, 1.807) is 20.4 Å². The predicted octanol–water partition coefficient (Wildman–Crippen LogP) is 2.96. The molecule has 1 aromatic carbocycles. The van der Waals surface area contributed by atoms with E-state index in [-0.39, 0.29) is 12.4 Å². The lowest BCUT2D eigenvalue weighted by atomic mass is 10.2. The van der Waals surface area contributed by atoms with Crippen LogP contribution in [0.3, 0.4) is 0 Å². The van der Waals surface area contributed by atoms with Crippen molar-refractivity contribution in [3.8, 4) is 0 Å². The predicted molar refractivity (Wildman–Crippen MR) is 103 cm³/mol. The fourth-order valence-electron chi connectivity index (χ4n) is 2.24. The topological polar surface area (TPSA) is 51.8 Å². The molecule has 0 unspecified atom stereocenters. The number of benzene rings is 1. The van der Waals surface area contributed by atoms with Gasteiger partial charge in [-0.15, -0.1) is 12.4 Å². The van der Waals surface area contributed by atoms with Crippen LogP contribution in [0, 0.1) is 0 Å². The molecular formula is C17H31ClN2O3Si. The summed E-state index contributed by atoms with van der Waals surface area (Å²) in [5, 5.41) is 6.49. The minimum absolute atomic E-state index is 0. The Bertz CT molecular complexity index is 420. The zero-order chi connectivity index (χ0) is 16.8. The fourth-order valence-corrected chi connectivity index (χ4v) is 4.26. The zero-order valence-electron chi connectivity index (χ0n) is 14.8. The maximum Gasteiger partial charge on any atom is 0.500 e. The van der Waals surface area contributed by atoms with E-state index in [4.69, 9.17) is 13.3 Å². The average Bonchev–Trinajstić information content (AvgIpc) is 2.61. The minimum atomic E-state index is -2.52. The monoisotopic (exact) mass is 374 g/mol. The molecule has 2 N–H and O–H groups in total. The molecule has 0 fully saturated rings. The average molecular weight is 375 g/mol. The normalized spacial score (nSPS) is 10.9. The summed E-state index contributed by atoms with van der Waals surface area (Å²) in [4.78, 5) is 0. The van der Waals surface area contributed by atoms with E-state index >= 15 is 0 Å². The lowest BCUT2D eigenvalue weighted by molar-refractivity contribution is 0.0965. The van der Waals surface area contributed by atoms with Crippen LogP contribution in [0.25, 0.3) is 0 Å². The molecule has 0 atom stereocenters. The van der Waals surface area contributed by atoms with Crippen LogP contribution in [0.2, 0.25) is 6.04 Å². The third kappa shape index (κ3) is 9.41. The van der Waals surface area contributed by atoms with Crippen LogP contribution in [0.4, 0.5) is 0 Å². The van der Waals surface area contributed by atoms with Crippen molar-refractivity contribution >= 4 is 21.2 Å². The first kappa shape index (κ1) is 23.1. The van der Waals surface area contributed by atoms with Gasteiger partial charge < -0.3 is 23.9 Å². The van der Waals surface area contributed by atoms with Gasteiger partial charge >= 0.3 is 8.80 Å². The summed E-state index contributed by atoms with van der Waals surface area (Å²) < 4.78 is 17.1. The standard InChI is InChI=1S/C17H30N2O3Si.ClH/c1-4-18-13-9-15-23(20-2,21-3)22-14-8-12-19-16-17-10-6-5-7-11-17;/h4-7,10-11,18-19H,1,8-9,12-16H2,2-3H3;1H. The van der Waals surface area contributed by atoms with E-state index in [1.807, 2.05) is 6.07 Å². The van der Waals surface area contributed by atoms with Gasteiger partial charge in [0.25, 0.3) is 0 Å². The van der Waals surface area contributed by atoms with Crippen molar-refractivity contribution in [1.29, 1.82) is 0 Å². The van der Waals surface area contributed by atoms with E-state index < -0.39 is 8.80 Å². The highest BCUT2D eigenvalue weighted by Crippen LogP contribution is 2.16. The number of hydrogen-bond donors (Lipinski definition) is 2. The van der Waals surface area contributed by atoms with E-state index in [1.165, 1.54) is 5.56 Å². The second-order valence-electron chi connectivity index (χ2n) is 5.22. The quantitative estimate of drug-likeness (QED) is 0.387. The molecule has 0 aromatic heterocycles. The highest BCUT2D eigenvalue weighted by Gasteiger charge is 2.38. The van der Waals surface area contributed by atoms with Gasteiger partial charge in [-0.25, -0.2) is 0 Å². The maximum atomic E-state index is 5.96. The van der Waals surface area contributed by atoms with Gasteiger partial charge in [-0.3, -0.25) is 0 Å². The van der Waals surface area contributed by atoms with E-state index in [0.29, 0.717) is 6.61 Å². The van der Waals surface area contributed by atoms with Crippen molar-refractivity contribution in [3.63, 3.8) is 0 Å². The van der Waals surface area contributed by atoms with Crippen LogP contribution in [0.5, 0.6) is 0 Å². The second-order valence-corrected chi connectivity index (χ2v) is 8.19. The summed E-state index contributed by atoms with van der Waals surface area (Å²) in [5.74, 6) is 0. The molecule has 138 valence electrons. The fraction of sp³-hybridized carbons (Fsp3) is 0.529. The van der Waals surface area contributed by atoms with Gasteiger partial charge in [-0.1, -0.05) is 36.9 Å². The van der Waals surface area contributed by atoms with Crippen molar-refractivity contribution in [2.45, 2.75) is 25.4 Å². The molecule has 5 nitrogen and oxygen atoms in total. The van der Waals surface area contributed by atoms with E-state index in [0.717, 1.165) is 38.5 Å². The van der Waals surface area contributed by atoms with Crippen LogP contribution in [0.15, 0.2) is 43.1 Å². The van der Waals surface area contributed by atoms with Gasteiger partial charge in [-0.05, 0) is 31.1 Å². The molecule has 0 heterocycles. The van der Waals surface area contributed by atoms with Crippen molar-refractivity contribution in [3.05, 3.63) is 48.7 Å². The highest BCUT2D eigenvalue weighted by molar-refractivity contribution is 6.60. The Balaban J connectivity index is 0.00000529. The van der Waals surface area contributed by atoms with Crippen LogP contribution in [-0.2, 0) is 19.8 Å². The molecule has 0 radical (unpaired) electrons. The molecule has 0 aliphatic heterocycles. The summed E-state index contributed by atoms with van der Waals surface area (Å²) in [6.45, 7) is 6.92. The molecule has 24 heavy (non-hydrogen) atoms. The highest BCUT2D eigenvalue weighted by atomic mass is 35.5. The van der Waals surface area contributed by atoms with Crippen LogP contribution in [-0.4, -0.2) is 42.7 Å². The smallest absolute Gasteiger partial charge is 0.391 e.